The number of benzene rings is 2. The van der Waals surface area contributed by atoms with Crippen molar-refractivity contribution in [3.05, 3.63) is 59.7 Å². The van der Waals surface area contributed by atoms with Crippen LogP contribution in [0.3, 0.4) is 0 Å². The van der Waals surface area contributed by atoms with E-state index in [2.05, 4.69) is 11.4 Å². The molecule has 0 spiro atoms. The van der Waals surface area contributed by atoms with Crippen LogP contribution in [0.25, 0.3) is 0 Å². The van der Waals surface area contributed by atoms with Crippen LogP contribution in [0.2, 0.25) is 0 Å². The van der Waals surface area contributed by atoms with Crippen LogP contribution in [-0.4, -0.2) is 18.8 Å². The van der Waals surface area contributed by atoms with E-state index in [1.165, 1.54) is 5.56 Å². The van der Waals surface area contributed by atoms with Crippen LogP contribution in [-0.2, 0) is 16.0 Å². The lowest BCUT2D eigenvalue weighted by atomic mass is 9.90. The molecule has 0 saturated carbocycles. The molecular formula is C21H20N2O3. The highest BCUT2D eigenvalue weighted by atomic mass is 16.5. The molecule has 5 heteroatoms. The van der Waals surface area contributed by atoms with Gasteiger partial charge in [-0.15, -0.1) is 0 Å². The minimum absolute atomic E-state index is 0.0864. The average Bonchev–Trinajstić information content (AvgIpc) is 3.06. The molecule has 1 amide bonds. The van der Waals surface area contributed by atoms with Gasteiger partial charge in [-0.1, -0.05) is 24.3 Å². The number of hydrogen-bond acceptors (Lipinski definition) is 4. The molecule has 0 bridgehead atoms. The third kappa shape index (κ3) is 3.75. The number of nitrogens with zero attached hydrogens (tertiary/aromatic N) is 1. The number of hydrogen-bond donors (Lipinski definition) is 1. The molecule has 1 aliphatic rings. The van der Waals surface area contributed by atoms with Gasteiger partial charge < -0.3 is 10.1 Å². The van der Waals surface area contributed by atoms with Crippen LogP contribution >= 0.6 is 0 Å². The molecule has 0 unspecified atom stereocenters. The maximum atomic E-state index is 12.6. The highest BCUT2D eigenvalue weighted by Crippen LogP contribution is 2.36. The Morgan fingerprint density at radius 2 is 1.96 bits per heavy atom. The van der Waals surface area contributed by atoms with Crippen molar-refractivity contribution >= 4 is 17.4 Å². The number of nitrogens with one attached hydrogen (secondary N) is 1. The molecule has 0 radical (unpaired) electrons. The summed E-state index contributed by atoms with van der Waals surface area (Å²) in [5.41, 5.74) is 2.93. The molecule has 0 aliphatic heterocycles. The largest absolute Gasteiger partial charge is 0.497 e. The lowest BCUT2D eigenvalue weighted by molar-refractivity contribution is -0.129. The van der Waals surface area contributed by atoms with E-state index >= 15 is 0 Å². The highest BCUT2D eigenvalue weighted by molar-refractivity contribution is 6.09. The number of rotatable bonds is 6. The number of methoxy groups -OCH3 is 1. The summed E-state index contributed by atoms with van der Waals surface area (Å²) in [6.07, 6.45) is 2.03. The van der Waals surface area contributed by atoms with Crippen LogP contribution in [0, 0.1) is 17.2 Å². The first-order valence-electron chi connectivity index (χ1n) is 8.57. The normalized spacial score (nSPS) is 16.2. The summed E-state index contributed by atoms with van der Waals surface area (Å²) < 4.78 is 5.06. The number of carbonyl (C=O) groups excluding carboxylic acids is 2. The van der Waals surface area contributed by atoms with Gasteiger partial charge in [0.15, 0.2) is 11.7 Å². The van der Waals surface area contributed by atoms with Gasteiger partial charge in [0, 0.05) is 12.1 Å². The zero-order chi connectivity index (χ0) is 18.5. The van der Waals surface area contributed by atoms with Gasteiger partial charge in [0.25, 0.3) is 0 Å². The Bertz CT molecular complexity index is 852. The lowest BCUT2D eigenvalue weighted by Gasteiger charge is -2.14. The number of ether oxygens (including phenoxy) is 1. The Labute approximate surface area is 152 Å². The lowest BCUT2D eigenvalue weighted by Crippen LogP contribution is -2.29. The molecule has 1 N–H and O–H groups in total. The van der Waals surface area contributed by atoms with Crippen molar-refractivity contribution < 1.29 is 14.3 Å². The van der Waals surface area contributed by atoms with E-state index in [1.807, 2.05) is 24.3 Å². The summed E-state index contributed by atoms with van der Waals surface area (Å²) in [5.74, 6) is -1.47. The third-order valence-electron chi connectivity index (χ3n) is 4.78. The zero-order valence-corrected chi connectivity index (χ0v) is 14.6. The van der Waals surface area contributed by atoms with E-state index in [-0.39, 0.29) is 18.1 Å². The predicted octanol–water partition coefficient (Wildman–Crippen LogP) is 3.46. The van der Waals surface area contributed by atoms with Gasteiger partial charge in [-0.25, -0.2) is 0 Å². The summed E-state index contributed by atoms with van der Waals surface area (Å²) in [6, 6.07) is 16.6. The van der Waals surface area contributed by atoms with Crippen LogP contribution in [0.4, 0.5) is 5.69 Å². The second-order valence-corrected chi connectivity index (χ2v) is 6.38. The number of Topliss-reactive ketones (excluding diaryl/α,β-unsaturated/α-hetero) is 1. The molecule has 26 heavy (non-hydrogen) atoms. The summed E-state index contributed by atoms with van der Waals surface area (Å²) in [5, 5.41) is 12.0. The predicted molar refractivity (Wildman–Crippen MR) is 97.9 cm³/mol. The first-order valence-corrected chi connectivity index (χ1v) is 8.57. The minimum atomic E-state index is -1.30. The second-order valence-electron chi connectivity index (χ2n) is 6.38. The van der Waals surface area contributed by atoms with E-state index in [0.29, 0.717) is 11.4 Å². The number of carbonyl (C=O) groups is 2. The van der Waals surface area contributed by atoms with E-state index in [9.17, 15) is 14.9 Å². The maximum Gasteiger partial charge on any atom is 0.249 e. The minimum Gasteiger partial charge on any atom is -0.497 e. The first kappa shape index (κ1) is 17.7. The standard InChI is InChI=1S/C21H20N2O3/c1-26-17-10-8-16(9-11-17)23-21(25)19(13-22)20(24)12-15-7-6-14-4-2-3-5-18(14)15/h2-5,8-11,15,19H,6-7,12H2,1H3,(H,23,25)/t15-,19-/m0/s1. The fourth-order valence-electron chi connectivity index (χ4n) is 3.38. The molecule has 2 aromatic rings. The Morgan fingerprint density at radius 3 is 2.65 bits per heavy atom. The molecule has 5 nitrogen and oxygen atoms in total. The molecule has 0 heterocycles. The Morgan fingerprint density at radius 1 is 1.23 bits per heavy atom. The molecule has 2 atom stereocenters. The Kier molecular flexibility index (Phi) is 5.33. The quantitative estimate of drug-likeness (QED) is 0.811. The third-order valence-corrected chi connectivity index (χ3v) is 4.78. The highest BCUT2D eigenvalue weighted by Gasteiger charge is 2.31. The second kappa shape index (κ2) is 7.83. The summed E-state index contributed by atoms with van der Waals surface area (Å²) in [7, 11) is 1.55. The van der Waals surface area contributed by atoms with Gasteiger partial charge in [0.05, 0.1) is 13.2 Å². The number of aryl methyl sites for hydroxylation is 1. The molecule has 132 valence electrons. The van der Waals surface area contributed by atoms with Crippen molar-refractivity contribution in [3.63, 3.8) is 0 Å². The van der Waals surface area contributed by atoms with Crippen LogP contribution in [0.1, 0.15) is 29.9 Å². The van der Waals surface area contributed by atoms with Crippen molar-refractivity contribution in [1.29, 1.82) is 5.26 Å². The molecule has 0 fully saturated rings. The van der Waals surface area contributed by atoms with Crippen LogP contribution in [0.15, 0.2) is 48.5 Å². The van der Waals surface area contributed by atoms with Crippen molar-refractivity contribution in [2.24, 2.45) is 5.92 Å². The monoisotopic (exact) mass is 348 g/mol. The number of anilines is 1. The first-order chi connectivity index (χ1) is 12.6. The maximum absolute atomic E-state index is 12.6. The van der Waals surface area contributed by atoms with Crippen LogP contribution < -0.4 is 10.1 Å². The SMILES string of the molecule is COc1ccc(NC(=O)[C@@H](C#N)C(=O)C[C@@H]2CCc3ccccc32)cc1. The molecule has 3 rings (SSSR count). The molecule has 1 aliphatic carbocycles. The smallest absolute Gasteiger partial charge is 0.249 e. The Balaban J connectivity index is 1.65. The van der Waals surface area contributed by atoms with E-state index < -0.39 is 11.8 Å². The van der Waals surface area contributed by atoms with Crippen molar-refractivity contribution in [2.75, 3.05) is 12.4 Å². The van der Waals surface area contributed by atoms with E-state index in [1.54, 1.807) is 31.4 Å². The number of nitriles is 1. The fourth-order valence-corrected chi connectivity index (χ4v) is 3.38. The van der Waals surface area contributed by atoms with Gasteiger partial charge in [-0.3, -0.25) is 9.59 Å². The van der Waals surface area contributed by atoms with Crippen molar-refractivity contribution in [1.82, 2.24) is 0 Å². The molecular weight excluding hydrogens is 328 g/mol. The van der Waals surface area contributed by atoms with Crippen molar-refractivity contribution in [2.45, 2.75) is 25.2 Å². The van der Waals surface area contributed by atoms with Gasteiger partial charge in [0.2, 0.25) is 5.91 Å². The van der Waals surface area contributed by atoms with Crippen molar-refractivity contribution in [3.8, 4) is 11.8 Å². The Hall–Kier alpha value is -3.13. The van der Waals surface area contributed by atoms with E-state index in [4.69, 9.17) is 4.74 Å². The van der Waals surface area contributed by atoms with Crippen LogP contribution in [0.5, 0.6) is 5.75 Å². The topological polar surface area (TPSA) is 79.2 Å². The van der Waals surface area contributed by atoms with Gasteiger partial charge >= 0.3 is 0 Å². The molecule has 0 saturated heterocycles. The molecule has 0 aromatic heterocycles. The zero-order valence-electron chi connectivity index (χ0n) is 14.6. The summed E-state index contributed by atoms with van der Waals surface area (Å²) in [4.78, 5) is 24.9. The van der Waals surface area contributed by atoms with E-state index in [0.717, 1.165) is 18.4 Å². The average molecular weight is 348 g/mol. The summed E-state index contributed by atoms with van der Waals surface area (Å²) in [6.45, 7) is 0. The van der Waals surface area contributed by atoms with Gasteiger partial charge in [-0.2, -0.15) is 5.26 Å². The fraction of sp³-hybridized carbons (Fsp3) is 0.286. The molecule has 2 aromatic carbocycles. The number of fused-ring (bicyclic) bond motifs is 1. The number of ketones is 1. The number of amides is 1. The summed E-state index contributed by atoms with van der Waals surface area (Å²) >= 11 is 0. The van der Waals surface area contributed by atoms with Gasteiger partial charge in [0.1, 0.15) is 5.75 Å². The van der Waals surface area contributed by atoms with Gasteiger partial charge in [-0.05, 0) is 54.2 Å².